The van der Waals surface area contributed by atoms with Crippen LogP contribution < -0.4 is 14.2 Å². The normalized spacial score (nSPS) is 18.4. The zero-order chi connectivity index (χ0) is 18.1. The molecule has 0 spiro atoms. The van der Waals surface area contributed by atoms with Gasteiger partial charge in [-0.05, 0) is 54.3 Å². The molecule has 0 N–H and O–H groups in total. The maximum absolute atomic E-state index is 13.1. The van der Waals surface area contributed by atoms with E-state index >= 15 is 0 Å². The number of ether oxygens (including phenoxy) is 3. The predicted molar refractivity (Wildman–Crippen MR) is 98.2 cm³/mol. The van der Waals surface area contributed by atoms with Gasteiger partial charge in [0.1, 0.15) is 5.75 Å². The summed E-state index contributed by atoms with van der Waals surface area (Å²) in [6, 6.07) is 11.7. The zero-order valence-electron chi connectivity index (χ0n) is 15.2. The molecule has 5 heteroatoms. The first-order valence-corrected chi connectivity index (χ1v) is 9.00. The molecule has 0 aromatic heterocycles. The molecule has 0 radical (unpaired) electrons. The highest BCUT2D eigenvalue weighted by Gasteiger charge is 2.31. The molecule has 26 heavy (non-hydrogen) atoms. The molecule has 0 bridgehead atoms. The Hall–Kier alpha value is -2.69. The Morgan fingerprint density at radius 2 is 1.96 bits per heavy atom. The van der Waals surface area contributed by atoms with Gasteiger partial charge in [0.25, 0.3) is 5.91 Å². The molecule has 1 atom stereocenters. The van der Waals surface area contributed by atoms with Crippen LogP contribution in [0.1, 0.15) is 40.4 Å². The van der Waals surface area contributed by atoms with Crippen LogP contribution in [0.5, 0.6) is 17.2 Å². The lowest BCUT2D eigenvalue weighted by Crippen LogP contribution is -2.30. The highest BCUT2D eigenvalue weighted by molar-refractivity contribution is 5.95. The van der Waals surface area contributed by atoms with Gasteiger partial charge in [0.15, 0.2) is 11.5 Å². The van der Waals surface area contributed by atoms with Crippen molar-refractivity contribution in [2.45, 2.75) is 25.3 Å². The monoisotopic (exact) mass is 353 g/mol. The first-order valence-electron chi connectivity index (χ1n) is 9.00. The summed E-state index contributed by atoms with van der Waals surface area (Å²) in [5, 5.41) is 0. The molecule has 2 aromatic rings. The molecule has 5 nitrogen and oxygen atoms in total. The Morgan fingerprint density at radius 1 is 1.12 bits per heavy atom. The standard InChI is InChI=1S/C21H23NO4/c1-24-19-8-5-14(13-20(19)25-2)17-4-3-10-22(17)21(23)16-6-7-18-15(12-16)9-11-26-18/h5-8,12-13,17H,3-4,9-11H2,1-2H3. The van der Waals surface area contributed by atoms with E-state index in [4.69, 9.17) is 14.2 Å². The van der Waals surface area contributed by atoms with Gasteiger partial charge in [-0.3, -0.25) is 4.79 Å². The molecule has 136 valence electrons. The van der Waals surface area contributed by atoms with Crippen LogP contribution in [0.3, 0.4) is 0 Å². The number of carbonyl (C=O) groups excluding carboxylic acids is 1. The highest BCUT2D eigenvalue weighted by Crippen LogP contribution is 2.38. The van der Waals surface area contributed by atoms with Gasteiger partial charge in [-0.25, -0.2) is 0 Å². The number of carbonyl (C=O) groups is 1. The van der Waals surface area contributed by atoms with E-state index in [1.165, 1.54) is 0 Å². The van der Waals surface area contributed by atoms with Crippen LogP contribution in [-0.4, -0.2) is 38.2 Å². The summed E-state index contributed by atoms with van der Waals surface area (Å²) < 4.78 is 16.3. The number of fused-ring (bicyclic) bond motifs is 1. The number of hydrogen-bond donors (Lipinski definition) is 0. The van der Waals surface area contributed by atoms with Crippen LogP contribution in [-0.2, 0) is 6.42 Å². The van der Waals surface area contributed by atoms with Crippen LogP contribution in [0.25, 0.3) is 0 Å². The van der Waals surface area contributed by atoms with Crippen LogP contribution in [0.4, 0.5) is 0 Å². The van der Waals surface area contributed by atoms with Crippen molar-refractivity contribution in [3.05, 3.63) is 53.1 Å². The van der Waals surface area contributed by atoms with E-state index in [9.17, 15) is 4.79 Å². The van der Waals surface area contributed by atoms with Gasteiger partial charge in [-0.15, -0.1) is 0 Å². The molecular formula is C21H23NO4. The van der Waals surface area contributed by atoms with Gasteiger partial charge in [-0.1, -0.05) is 6.07 Å². The number of benzene rings is 2. The van der Waals surface area contributed by atoms with Crippen LogP contribution in [0.15, 0.2) is 36.4 Å². The van der Waals surface area contributed by atoms with E-state index in [1.54, 1.807) is 14.2 Å². The van der Waals surface area contributed by atoms with Crippen molar-refractivity contribution >= 4 is 5.91 Å². The Bertz CT molecular complexity index is 833. The average Bonchev–Trinajstić information content (AvgIpc) is 3.35. The van der Waals surface area contributed by atoms with Gasteiger partial charge in [0.05, 0.1) is 26.9 Å². The SMILES string of the molecule is COc1ccc(C2CCCN2C(=O)c2ccc3c(c2)CCO3)cc1OC. The first-order chi connectivity index (χ1) is 12.7. The van der Waals surface area contributed by atoms with E-state index < -0.39 is 0 Å². The Labute approximate surface area is 153 Å². The van der Waals surface area contributed by atoms with Gasteiger partial charge in [-0.2, -0.15) is 0 Å². The third-order valence-electron chi connectivity index (χ3n) is 5.24. The molecule has 0 aliphatic carbocycles. The summed E-state index contributed by atoms with van der Waals surface area (Å²) in [6.45, 7) is 1.47. The second-order valence-corrected chi connectivity index (χ2v) is 6.69. The number of methoxy groups -OCH3 is 2. The number of amides is 1. The predicted octanol–water partition coefficient (Wildman–Crippen LogP) is 3.62. The smallest absolute Gasteiger partial charge is 0.254 e. The molecule has 2 heterocycles. The lowest BCUT2D eigenvalue weighted by molar-refractivity contribution is 0.0735. The average molecular weight is 353 g/mol. The van der Waals surface area contributed by atoms with Crippen LogP contribution in [0, 0.1) is 0 Å². The maximum atomic E-state index is 13.1. The molecular weight excluding hydrogens is 330 g/mol. The molecule has 1 unspecified atom stereocenters. The second-order valence-electron chi connectivity index (χ2n) is 6.69. The Kier molecular flexibility index (Phi) is 4.45. The Balaban J connectivity index is 1.61. The molecule has 4 rings (SSSR count). The van der Waals surface area contributed by atoms with Crippen molar-refractivity contribution in [2.24, 2.45) is 0 Å². The van der Waals surface area contributed by atoms with Gasteiger partial charge < -0.3 is 19.1 Å². The van der Waals surface area contributed by atoms with E-state index in [2.05, 4.69) is 0 Å². The lowest BCUT2D eigenvalue weighted by atomic mass is 10.0. The molecule has 1 fully saturated rings. The van der Waals surface area contributed by atoms with E-state index in [0.717, 1.165) is 48.2 Å². The summed E-state index contributed by atoms with van der Waals surface area (Å²) in [6.07, 6.45) is 2.82. The van der Waals surface area contributed by atoms with Crippen molar-refractivity contribution < 1.29 is 19.0 Å². The van der Waals surface area contributed by atoms with Crippen molar-refractivity contribution in [2.75, 3.05) is 27.4 Å². The zero-order valence-corrected chi connectivity index (χ0v) is 15.2. The van der Waals surface area contributed by atoms with Gasteiger partial charge in [0.2, 0.25) is 0 Å². The minimum Gasteiger partial charge on any atom is -0.493 e. The highest BCUT2D eigenvalue weighted by atomic mass is 16.5. The third kappa shape index (κ3) is 2.87. The van der Waals surface area contributed by atoms with E-state index in [-0.39, 0.29) is 11.9 Å². The number of likely N-dealkylation sites (tertiary alicyclic amines) is 1. The summed E-state index contributed by atoms with van der Waals surface area (Å²) in [5.74, 6) is 2.38. The molecule has 1 amide bonds. The topological polar surface area (TPSA) is 48.0 Å². The van der Waals surface area contributed by atoms with Gasteiger partial charge >= 0.3 is 0 Å². The summed E-state index contributed by atoms with van der Waals surface area (Å²) in [5.41, 5.74) is 2.94. The summed E-state index contributed by atoms with van der Waals surface area (Å²) in [7, 11) is 3.26. The van der Waals surface area contributed by atoms with Crippen molar-refractivity contribution in [1.82, 2.24) is 4.90 Å². The maximum Gasteiger partial charge on any atom is 0.254 e. The largest absolute Gasteiger partial charge is 0.493 e. The van der Waals surface area contributed by atoms with Crippen molar-refractivity contribution in [3.8, 4) is 17.2 Å². The second kappa shape index (κ2) is 6.90. The number of rotatable bonds is 4. The molecule has 0 saturated carbocycles. The first kappa shape index (κ1) is 16.8. The lowest BCUT2D eigenvalue weighted by Gasteiger charge is -2.26. The number of nitrogens with zero attached hydrogens (tertiary/aromatic N) is 1. The fraction of sp³-hybridized carbons (Fsp3) is 0.381. The fourth-order valence-corrected chi connectivity index (χ4v) is 3.90. The molecule has 2 aliphatic heterocycles. The van der Waals surface area contributed by atoms with Crippen molar-refractivity contribution in [3.63, 3.8) is 0 Å². The van der Waals surface area contributed by atoms with Crippen LogP contribution in [0.2, 0.25) is 0 Å². The molecule has 2 aliphatic rings. The van der Waals surface area contributed by atoms with E-state index in [1.807, 2.05) is 41.3 Å². The third-order valence-corrected chi connectivity index (χ3v) is 5.24. The Morgan fingerprint density at radius 3 is 2.77 bits per heavy atom. The van der Waals surface area contributed by atoms with Crippen LogP contribution >= 0.6 is 0 Å². The quantitative estimate of drug-likeness (QED) is 0.842. The number of hydrogen-bond acceptors (Lipinski definition) is 4. The van der Waals surface area contributed by atoms with E-state index in [0.29, 0.717) is 18.1 Å². The molecule has 2 aromatic carbocycles. The van der Waals surface area contributed by atoms with Gasteiger partial charge in [0, 0.05) is 18.5 Å². The fourth-order valence-electron chi connectivity index (χ4n) is 3.90. The summed E-state index contributed by atoms with van der Waals surface area (Å²) in [4.78, 5) is 15.1. The van der Waals surface area contributed by atoms with Crippen molar-refractivity contribution in [1.29, 1.82) is 0 Å². The minimum absolute atomic E-state index is 0.0619. The molecule has 1 saturated heterocycles. The summed E-state index contributed by atoms with van der Waals surface area (Å²) >= 11 is 0. The minimum atomic E-state index is 0.0619.